The first kappa shape index (κ1) is 14.1. The van der Waals surface area contributed by atoms with E-state index in [1.807, 2.05) is 62.4 Å². The average molecular weight is 265 g/mol. The van der Waals surface area contributed by atoms with E-state index in [2.05, 4.69) is 6.07 Å². The van der Waals surface area contributed by atoms with Gasteiger partial charge in [0.1, 0.15) is 5.75 Å². The number of nitriles is 1. The molecular formula is C18H19NO. The maximum absolute atomic E-state index is 9.28. The first-order chi connectivity index (χ1) is 9.69. The maximum Gasteiger partial charge on any atom is 0.119 e. The van der Waals surface area contributed by atoms with Crippen molar-refractivity contribution in [2.24, 2.45) is 0 Å². The van der Waals surface area contributed by atoms with E-state index < -0.39 is 0 Å². The summed E-state index contributed by atoms with van der Waals surface area (Å²) in [6.45, 7) is 4.64. The van der Waals surface area contributed by atoms with Gasteiger partial charge in [0.05, 0.1) is 18.6 Å². The van der Waals surface area contributed by atoms with E-state index in [4.69, 9.17) is 4.74 Å². The van der Waals surface area contributed by atoms with Crippen LogP contribution in [0.4, 0.5) is 0 Å². The molecule has 2 aromatic rings. The first-order valence-electron chi connectivity index (χ1n) is 6.84. The number of aryl methyl sites for hydroxylation is 2. The van der Waals surface area contributed by atoms with Crippen LogP contribution in [-0.4, -0.2) is 6.61 Å². The van der Waals surface area contributed by atoms with Crippen molar-refractivity contribution in [3.8, 4) is 11.8 Å². The molecular weight excluding hydrogens is 246 g/mol. The summed E-state index contributed by atoms with van der Waals surface area (Å²) in [6.07, 6.45) is 0.702. The summed E-state index contributed by atoms with van der Waals surface area (Å²) in [4.78, 5) is 0. The Hall–Kier alpha value is -2.27. The predicted molar refractivity (Wildman–Crippen MR) is 80.8 cm³/mol. The molecule has 102 valence electrons. The molecule has 0 fully saturated rings. The molecule has 0 radical (unpaired) electrons. The van der Waals surface area contributed by atoms with Crippen molar-refractivity contribution >= 4 is 0 Å². The minimum absolute atomic E-state index is 0.111. The normalized spacial score (nSPS) is 11.7. The molecule has 0 amide bonds. The fourth-order valence-electron chi connectivity index (χ4n) is 2.10. The van der Waals surface area contributed by atoms with Crippen molar-refractivity contribution < 1.29 is 4.74 Å². The third kappa shape index (κ3) is 3.86. The minimum atomic E-state index is -0.111. The van der Waals surface area contributed by atoms with Crippen LogP contribution in [0, 0.1) is 25.2 Å². The van der Waals surface area contributed by atoms with Crippen LogP contribution < -0.4 is 4.74 Å². The van der Waals surface area contributed by atoms with Gasteiger partial charge in [-0.1, -0.05) is 42.0 Å². The summed E-state index contributed by atoms with van der Waals surface area (Å²) in [5.74, 6) is 0.756. The van der Waals surface area contributed by atoms with E-state index in [9.17, 15) is 5.26 Å². The molecule has 0 aliphatic rings. The van der Waals surface area contributed by atoms with E-state index in [1.54, 1.807) is 0 Å². The molecule has 0 bridgehead atoms. The van der Waals surface area contributed by atoms with Gasteiger partial charge >= 0.3 is 0 Å². The zero-order chi connectivity index (χ0) is 14.4. The van der Waals surface area contributed by atoms with Crippen LogP contribution in [0.15, 0.2) is 48.5 Å². The molecule has 2 nitrogen and oxygen atoms in total. The summed E-state index contributed by atoms with van der Waals surface area (Å²) in [5, 5.41) is 9.28. The number of benzene rings is 2. The molecule has 1 unspecified atom stereocenters. The molecule has 0 aliphatic heterocycles. The molecule has 0 aromatic heterocycles. The second kappa shape index (κ2) is 6.77. The van der Waals surface area contributed by atoms with Crippen molar-refractivity contribution in [3.63, 3.8) is 0 Å². The van der Waals surface area contributed by atoms with Gasteiger partial charge in [-0.05, 0) is 37.1 Å². The zero-order valence-electron chi connectivity index (χ0n) is 12.0. The lowest BCUT2D eigenvalue weighted by molar-refractivity contribution is 0.306. The molecule has 0 N–H and O–H groups in total. The quantitative estimate of drug-likeness (QED) is 0.803. The predicted octanol–water partition coefficient (Wildman–Crippen LogP) is 4.38. The van der Waals surface area contributed by atoms with E-state index in [-0.39, 0.29) is 5.92 Å². The highest BCUT2D eigenvalue weighted by Crippen LogP contribution is 2.20. The lowest BCUT2D eigenvalue weighted by Gasteiger charge is -2.11. The summed E-state index contributed by atoms with van der Waals surface area (Å²) < 4.78 is 5.71. The van der Waals surface area contributed by atoms with Crippen molar-refractivity contribution in [2.75, 3.05) is 6.61 Å². The highest BCUT2D eigenvalue weighted by atomic mass is 16.5. The van der Waals surface area contributed by atoms with Gasteiger partial charge in [0, 0.05) is 6.42 Å². The van der Waals surface area contributed by atoms with Crippen molar-refractivity contribution in [1.29, 1.82) is 5.26 Å². The minimum Gasteiger partial charge on any atom is -0.494 e. The third-order valence-corrected chi connectivity index (χ3v) is 3.30. The van der Waals surface area contributed by atoms with Gasteiger partial charge in [-0.15, -0.1) is 0 Å². The van der Waals surface area contributed by atoms with Crippen LogP contribution in [0.25, 0.3) is 0 Å². The monoisotopic (exact) mass is 265 g/mol. The van der Waals surface area contributed by atoms with Crippen LogP contribution in [0.3, 0.4) is 0 Å². The van der Waals surface area contributed by atoms with E-state index in [0.29, 0.717) is 13.0 Å². The Kier molecular flexibility index (Phi) is 4.79. The topological polar surface area (TPSA) is 33.0 Å². The number of nitrogens with zero attached hydrogens (tertiary/aromatic N) is 1. The van der Waals surface area contributed by atoms with Crippen molar-refractivity contribution in [2.45, 2.75) is 26.2 Å². The Morgan fingerprint density at radius 2 is 1.80 bits per heavy atom. The molecule has 2 aromatic carbocycles. The largest absolute Gasteiger partial charge is 0.494 e. The second-order valence-corrected chi connectivity index (χ2v) is 5.05. The number of hydrogen-bond donors (Lipinski definition) is 0. The molecule has 0 aliphatic carbocycles. The highest BCUT2D eigenvalue weighted by molar-refractivity contribution is 5.29. The van der Waals surface area contributed by atoms with E-state index in [0.717, 1.165) is 11.3 Å². The standard InChI is InChI=1S/C18H19NO/c1-14-6-8-16(9-7-14)17(13-19)10-11-20-18-5-3-4-15(2)12-18/h3-9,12,17H,10-11H2,1-2H3. The summed E-state index contributed by atoms with van der Waals surface area (Å²) in [5.41, 5.74) is 3.45. The fourth-order valence-corrected chi connectivity index (χ4v) is 2.10. The Balaban J connectivity index is 1.92. The van der Waals surface area contributed by atoms with Gasteiger partial charge in [0.15, 0.2) is 0 Å². The molecule has 2 heteroatoms. The molecule has 0 saturated heterocycles. The molecule has 20 heavy (non-hydrogen) atoms. The van der Waals surface area contributed by atoms with Crippen molar-refractivity contribution in [3.05, 3.63) is 65.2 Å². The van der Waals surface area contributed by atoms with Gasteiger partial charge in [-0.2, -0.15) is 5.26 Å². The Bertz CT molecular complexity index is 596. The number of hydrogen-bond acceptors (Lipinski definition) is 2. The Morgan fingerprint density at radius 3 is 2.45 bits per heavy atom. The second-order valence-electron chi connectivity index (χ2n) is 5.05. The van der Waals surface area contributed by atoms with Crippen LogP contribution in [0.1, 0.15) is 29.0 Å². The Labute approximate surface area is 120 Å². The third-order valence-electron chi connectivity index (χ3n) is 3.30. The van der Waals surface area contributed by atoms with Gasteiger partial charge in [-0.3, -0.25) is 0 Å². The lowest BCUT2D eigenvalue weighted by Crippen LogP contribution is -2.04. The van der Waals surface area contributed by atoms with E-state index in [1.165, 1.54) is 11.1 Å². The van der Waals surface area contributed by atoms with Crippen molar-refractivity contribution in [1.82, 2.24) is 0 Å². The average Bonchev–Trinajstić information content (AvgIpc) is 2.45. The van der Waals surface area contributed by atoms with Crippen LogP contribution in [0.5, 0.6) is 5.75 Å². The SMILES string of the molecule is Cc1ccc(C(C#N)CCOc2cccc(C)c2)cc1. The fraction of sp³-hybridized carbons (Fsp3) is 0.278. The molecule has 1 atom stereocenters. The smallest absolute Gasteiger partial charge is 0.119 e. The van der Waals surface area contributed by atoms with Gasteiger partial charge in [0.2, 0.25) is 0 Å². The zero-order valence-corrected chi connectivity index (χ0v) is 12.0. The summed E-state index contributed by atoms with van der Waals surface area (Å²) in [7, 11) is 0. The van der Waals surface area contributed by atoms with Gasteiger partial charge in [-0.25, -0.2) is 0 Å². The maximum atomic E-state index is 9.28. The molecule has 0 heterocycles. The summed E-state index contributed by atoms with van der Waals surface area (Å²) in [6, 6.07) is 18.5. The summed E-state index contributed by atoms with van der Waals surface area (Å²) >= 11 is 0. The van der Waals surface area contributed by atoms with Crippen LogP contribution >= 0.6 is 0 Å². The number of ether oxygens (including phenoxy) is 1. The Morgan fingerprint density at radius 1 is 1.05 bits per heavy atom. The lowest BCUT2D eigenvalue weighted by atomic mass is 9.97. The number of rotatable bonds is 5. The molecule has 0 saturated carbocycles. The first-order valence-corrected chi connectivity index (χ1v) is 6.84. The van der Waals surface area contributed by atoms with Crippen LogP contribution in [0.2, 0.25) is 0 Å². The van der Waals surface area contributed by atoms with Gasteiger partial charge < -0.3 is 4.74 Å². The van der Waals surface area contributed by atoms with Crippen LogP contribution in [-0.2, 0) is 0 Å². The highest BCUT2D eigenvalue weighted by Gasteiger charge is 2.10. The van der Waals surface area contributed by atoms with E-state index >= 15 is 0 Å². The molecule has 0 spiro atoms. The van der Waals surface area contributed by atoms with Gasteiger partial charge in [0.25, 0.3) is 0 Å². The molecule has 2 rings (SSSR count).